The summed E-state index contributed by atoms with van der Waals surface area (Å²) in [6, 6.07) is 0. The van der Waals surface area contributed by atoms with Crippen LogP contribution in [0.1, 0.15) is 16.3 Å². The minimum atomic E-state index is -0.978. The number of piperazine rings is 1. The number of nitrogens with zero attached hydrogens (tertiary/aromatic N) is 3. The van der Waals surface area contributed by atoms with Gasteiger partial charge in [0.15, 0.2) is 0 Å². The number of nitrogens with one attached hydrogen (secondary N) is 1. The van der Waals surface area contributed by atoms with Gasteiger partial charge in [0.25, 0.3) is 0 Å². The molecule has 0 amide bonds. The van der Waals surface area contributed by atoms with Crippen molar-refractivity contribution in [2.24, 2.45) is 7.05 Å². The molecule has 2 N–H and O–H groups in total. The van der Waals surface area contributed by atoms with Gasteiger partial charge in [0.1, 0.15) is 0 Å². The maximum Gasteiger partial charge on any atom is 0.372 e. The van der Waals surface area contributed by atoms with Crippen LogP contribution in [0.4, 0.5) is 0 Å². The molecule has 1 aromatic rings. The number of carbonyl (C=O) groups is 1. The molecule has 0 saturated carbocycles. The Morgan fingerprint density at radius 1 is 1.56 bits per heavy atom. The molecule has 0 spiro atoms. The van der Waals surface area contributed by atoms with Crippen LogP contribution in [0.2, 0.25) is 0 Å². The molecule has 2 heterocycles. The Labute approximate surface area is 93.9 Å². The number of hydrogen-bond donors (Lipinski definition) is 2. The molecule has 2 rings (SSSR count). The van der Waals surface area contributed by atoms with E-state index in [0.717, 1.165) is 38.4 Å². The molecule has 1 fully saturated rings. The lowest BCUT2D eigenvalue weighted by Crippen LogP contribution is -2.42. The average Bonchev–Trinajstić information content (AvgIpc) is 2.61. The van der Waals surface area contributed by atoms with Gasteiger partial charge < -0.3 is 15.0 Å². The zero-order chi connectivity index (χ0) is 11.5. The topological polar surface area (TPSA) is 70.4 Å². The van der Waals surface area contributed by atoms with Crippen molar-refractivity contribution in [2.75, 3.05) is 26.2 Å². The van der Waals surface area contributed by atoms with E-state index in [-0.39, 0.29) is 5.82 Å². The molecule has 0 radical (unpaired) electrons. The highest BCUT2D eigenvalue weighted by molar-refractivity contribution is 5.83. The number of aromatic nitrogens is 2. The Hall–Kier alpha value is -1.40. The third-order valence-corrected chi connectivity index (χ3v) is 2.71. The molecule has 1 saturated heterocycles. The van der Waals surface area contributed by atoms with Gasteiger partial charge in [-0.3, -0.25) is 4.90 Å². The molecule has 6 heteroatoms. The van der Waals surface area contributed by atoms with Crippen molar-refractivity contribution in [1.29, 1.82) is 0 Å². The van der Waals surface area contributed by atoms with Crippen molar-refractivity contribution in [3.05, 3.63) is 17.7 Å². The van der Waals surface area contributed by atoms with Gasteiger partial charge in [0, 0.05) is 46.0 Å². The zero-order valence-electron chi connectivity index (χ0n) is 9.31. The number of hydrogen-bond acceptors (Lipinski definition) is 4. The second-order valence-corrected chi connectivity index (χ2v) is 4.00. The number of aryl methyl sites for hydroxylation is 1. The van der Waals surface area contributed by atoms with Crippen molar-refractivity contribution in [3.8, 4) is 0 Å². The molecule has 16 heavy (non-hydrogen) atoms. The van der Waals surface area contributed by atoms with Crippen LogP contribution in [-0.2, 0) is 13.6 Å². The Morgan fingerprint density at radius 2 is 2.25 bits per heavy atom. The highest BCUT2D eigenvalue weighted by Crippen LogP contribution is 2.06. The van der Waals surface area contributed by atoms with E-state index >= 15 is 0 Å². The van der Waals surface area contributed by atoms with Crippen molar-refractivity contribution >= 4 is 5.97 Å². The van der Waals surface area contributed by atoms with Gasteiger partial charge in [-0.1, -0.05) is 0 Å². The summed E-state index contributed by atoms with van der Waals surface area (Å²) in [6.07, 6.45) is 1.78. The Morgan fingerprint density at radius 3 is 2.81 bits per heavy atom. The van der Waals surface area contributed by atoms with E-state index in [1.54, 1.807) is 17.8 Å². The Kier molecular flexibility index (Phi) is 3.21. The van der Waals surface area contributed by atoms with Crippen LogP contribution in [0, 0.1) is 0 Å². The first-order valence-electron chi connectivity index (χ1n) is 5.35. The molecular formula is C10H16N4O2. The summed E-state index contributed by atoms with van der Waals surface area (Å²) in [5, 5.41) is 12.2. The lowest BCUT2D eigenvalue weighted by Gasteiger charge is -2.26. The summed E-state index contributed by atoms with van der Waals surface area (Å²) < 4.78 is 1.56. The Bertz CT molecular complexity index is 382. The maximum atomic E-state index is 10.8. The first kappa shape index (κ1) is 11.1. The summed E-state index contributed by atoms with van der Waals surface area (Å²) in [5.74, 6) is -0.876. The van der Waals surface area contributed by atoms with Gasteiger partial charge in [-0.25, -0.2) is 9.78 Å². The number of imidazole rings is 1. The monoisotopic (exact) mass is 224 g/mol. The van der Waals surface area contributed by atoms with E-state index in [4.69, 9.17) is 5.11 Å². The molecule has 1 aliphatic heterocycles. The van der Waals surface area contributed by atoms with E-state index in [1.807, 2.05) is 0 Å². The lowest BCUT2D eigenvalue weighted by molar-refractivity contribution is 0.0679. The van der Waals surface area contributed by atoms with Gasteiger partial charge in [0.2, 0.25) is 5.82 Å². The van der Waals surface area contributed by atoms with E-state index in [9.17, 15) is 4.79 Å². The SMILES string of the molecule is Cn1cc(CN2CCNCC2)nc1C(=O)O. The molecule has 1 aromatic heterocycles. The fourth-order valence-corrected chi connectivity index (χ4v) is 1.90. The number of aromatic carboxylic acids is 1. The summed E-state index contributed by atoms with van der Waals surface area (Å²) >= 11 is 0. The summed E-state index contributed by atoms with van der Waals surface area (Å²) in [4.78, 5) is 17.2. The van der Waals surface area contributed by atoms with Crippen molar-refractivity contribution < 1.29 is 9.90 Å². The molecule has 0 aromatic carbocycles. The van der Waals surface area contributed by atoms with Gasteiger partial charge in [-0.2, -0.15) is 0 Å². The number of carboxylic acids is 1. The van der Waals surface area contributed by atoms with Crippen LogP contribution in [0.25, 0.3) is 0 Å². The number of carboxylic acid groups (broad SMARTS) is 1. The maximum absolute atomic E-state index is 10.8. The third-order valence-electron chi connectivity index (χ3n) is 2.71. The Balaban J connectivity index is 2.03. The summed E-state index contributed by atoms with van der Waals surface area (Å²) in [7, 11) is 1.71. The quantitative estimate of drug-likeness (QED) is 0.726. The summed E-state index contributed by atoms with van der Waals surface area (Å²) in [6.45, 7) is 4.66. The first-order chi connectivity index (χ1) is 7.66. The highest BCUT2D eigenvalue weighted by Gasteiger charge is 2.15. The van der Waals surface area contributed by atoms with Gasteiger partial charge in [0.05, 0.1) is 5.69 Å². The first-order valence-corrected chi connectivity index (χ1v) is 5.35. The molecule has 0 unspecified atom stereocenters. The van der Waals surface area contributed by atoms with Crippen molar-refractivity contribution in [2.45, 2.75) is 6.54 Å². The predicted octanol–water partition coefficient (Wildman–Crippen LogP) is -0.476. The fourth-order valence-electron chi connectivity index (χ4n) is 1.90. The molecular weight excluding hydrogens is 208 g/mol. The zero-order valence-corrected chi connectivity index (χ0v) is 9.31. The van der Waals surface area contributed by atoms with E-state index in [0.29, 0.717) is 0 Å². The van der Waals surface area contributed by atoms with Gasteiger partial charge >= 0.3 is 5.97 Å². The summed E-state index contributed by atoms with van der Waals surface area (Å²) in [5.41, 5.74) is 0.821. The molecule has 0 atom stereocenters. The molecule has 0 bridgehead atoms. The van der Waals surface area contributed by atoms with Crippen LogP contribution >= 0.6 is 0 Å². The third kappa shape index (κ3) is 2.40. The van der Waals surface area contributed by atoms with Crippen molar-refractivity contribution in [3.63, 3.8) is 0 Å². The molecule has 88 valence electrons. The van der Waals surface area contributed by atoms with Gasteiger partial charge in [-0.15, -0.1) is 0 Å². The minimum Gasteiger partial charge on any atom is -0.475 e. The largest absolute Gasteiger partial charge is 0.475 e. The van der Waals surface area contributed by atoms with Crippen LogP contribution in [0.5, 0.6) is 0 Å². The van der Waals surface area contributed by atoms with Crippen LogP contribution in [0.3, 0.4) is 0 Å². The fraction of sp³-hybridized carbons (Fsp3) is 0.600. The van der Waals surface area contributed by atoms with Crippen molar-refractivity contribution in [1.82, 2.24) is 19.8 Å². The molecule has 1 aliphatic rings. The normalized spacial score (nSPS) is 17.6. The molecule has 6 nitrogen and oxygen atoms in total. The predicted molar refractivity (Wildman–Crippen MR) is 58.3 cm³/mol. The lowest BCUT2D eigenvalue weighted by atomic mass is 10.3. The second-order valence-electron chi connectivity index (χ2n) is 4.00. The van der Waals surface area contributed by atoms with Gasteiger partial charge in [-0.05, 0) is 0 Å². The number of rotatable bonds is 3. The highest BCUT2D eigenvalue weighted by atomic mass is 16.4. The molecule has 0 aliphatic carbocycles. The van der Waals surface area contributed by atoms with Crippen LogP contribution < -0.4 is 5.32 Å². The standard InChI is InChI=1S/C10H16N4O2/c1-13-6-8(12-9(13)10(15)16)7-14-4-2-11-3-5-14/h6,11H,2-5,7H2,1H3,(H,15,16). The average molecular weight is 224 g/mol. The van der Waals surface area contributed by atoms with E-state index < -0.39 is 5.97 Å². The second kappa shape index (κ2) is 4.63. The van der Waals surface area contributed by atoms with Crippen LogP contribution in [0.15, 0.2) is 6.20 Å². The smallest absolute Gasteiger partial charge is 0.372 e. The van der Waals surface area contributed by atoms with E-state index in [2.05, 4.69) is 15.2 Å². The van der Waals surface area contributed by atoms with Crippen LogP contribution in [-0.4, -0.2) is 51.7 Å². The minimum absolute atomic E-state index is 0.102. The van der Waals surface area contributed by atoms with E-state index in [1.165, 1.54) is 0 Å².